The van der Waals surface area contributed by atoms with E-state index in [4.69, 9.17) is 14.2 Å². The van der Waals surface area contributed by atoms with Crippen molar-refractivity contribution in [2.75, 3.05) is 20.3 Å². The maximum absolute atomic E-state index is 13.2. The molecule has 2 heterocycles. The molecule has 2 unspecified atom stereocenters. The first-order valence-corrected chi connectivity index (χ1v) is 10.6. The summed E-state index contributed by atoms with van der Waals surface area (Å²) in [5, 5.41) is 5.53. The lowest BCUT2D eigenvalue weighted by molar-refractivity contribution is -0.131. The number of ether oxygens (including phenoxy) is 3. The Labute approximate surface area is 170 Å². The van der Waals surface area contributed by atoms with Crippen molar-refractivity contribution in [2.45, 2.75) is 62.7 Å². The van der Waals surface area contributed by atoms with Gasteiger partial charge in [-0.25, -0.2) is 4.79 Å². The van der Waals surface area contributed by atoms with Crippen molar-refractivity contribution in [1.29, 1.82) is 0 Å². The molecular formula is C22H28N2O5. The van der Waals surface area contributed by atoms with Crippen LogP contribution in [0, 0.1) is 5.41 Å². The smallest absolute Gasteiger partial charge is 0.322 e. The van der Waals surface area contributed by atoms with Gasteiger partial charge in [0.25, 0.3) is 5.91 Å². The van der Waals surface area contributed by atoms with E-state index in [1.54, 1.807) is 7.11 Å². The summed E-state index contributed by atoms with van der Waals surface area (Å²) in [6.07, 6.45) is 6.64. The molecule has 1 aromatic rings. The van der Waals surface area contributed by atoms with Crippen molar-refractivity contribution in [3.63, 3.8) is 0 Å². The molecule has 29 heavy (non-hydrogen) atoms. The first-order valence-electron chi connectivity index (χ1n) is 10.6. The van der Waals surface area contributed by atoms with Gasteiger partial charge >= 0.3 is 6.03 Å². The van der Waals surface area contributed by atoms with Crippen LogP contribution in [0.25, 0.3) is 0 Å². The van der Waals surface area contributed by atoms with Gasteiger partial charge in [0.15, 0.2) is 5.54 Å². The fourth-order valence-electron chi connectivity index (χ4n) is 5.85. The molecule has 2 spiro atoms. The summed E-state index contributed by atoms with van der Waals surface area (Å²) < 4.78 is 17.2. The predicted octanol–water partition coefficient (Wildman–Crippen LogP) is 2.41. The number of amides is 3. The Hall–Kier alpha value is -2.12. The summed E-state index contributed by atoms with van der Waals surface area (Å²) in [6, 6.07) is 5.56. The molecule has 2 N–H and O–H groups in total. The molecule has 4 aliphatic rings. The Morgan fingerprint density at radius 3 is 2.69 bits per heavy atom. The minimum absolute atomic E-state index is 0.127. The molecule has 3 fully saturated rings. The first-order chi connectivity index (χ1) is 14.1. The van der Waals surface area contributed by atoms with Crippen LogP contribution < -0.4 is 15.4 Å². The number of urea groups is 1. The van der Waals surface area contributed by atoms with Crippen LogP contribution in [-0.4, -0.2) is 44.5 Å². The Morgan fingerprint density at radius 2 is 2.03 bits per heavy atom. The minimum atomic E-state index is -1.03. The molecule has 2 saturated heterocycles. The van der Waals surface area contributed by atoms with Gasteiger partial charge in [-0.2, -0.15) is 0 Å². The quantitative estimate of drug-likeness (QED) is 0.758. The third kappa shape index (κ3) is 2.86. The van der Waals surface area contributed by atoms with E-state index in [0.29, 0.717) is 6.61 Å². The zero-order valence-corrected chi connectivity index (χ0v) is 16.8. The van der Waals surface area contributed by atoms with E-state index in [-0.39, 0.29) is 23.5 Å². The normalized spacial score (nSPS) is 35.8. The van der Waals surface area contributed by atoms with Gasteiger partial charge in [-0.15, -0.1) is 0 Å². The molecular weight excluding hydrogens is 372 g/mol. The standard InChI is InChI=1S/C22H28N2O5/c1-27-15-6-8-21(9-7-15)12-14-4-5-16(29-13-17-3-2-10-28-17)11-18(14)22(21)19(25)23-20(26)24-22/h4-5,11,15,17H,2-3,6-10,12-13H2,1H3,(H2,23,24,25,26)/t15-,17?,21-,22?. The Morgan fingerprint density at radius 1 is 1.21 bits per heavy atom. The van der Waals surface area contributed by atoms with Gasteiger partial charge < -0.3 is 19.5 Å². The highest BCUT2D eigenvalue weighted by Gasteiger charge is 2.66. The maximum Gasteiger partial charge on any atom is 0.322 e. The zero-order chi connectivity index (χ0) is 20.1. The molecule has 2 aliphatic carbocycles. The molecule has 2 atom stereocenters. The third-order valence-corrected chi connectivity index (χ3v) is 7.36. The van der Waals surface area contributed by atoms with E-state index in [0.717, 1.165) is 68.4 Å². The second kappa shape index (κ2) is 6.99. The molecule has 2 aliphatic heterocycles. The van der Waals surface area contributed by atoms with Crippen molar-refractivity contribution in [2.24, 2.45) is 5.41 Å². The average Bonchev–Trinajstić information content (AvgIpc) is 3.41. The molecule has 156 valence electrons. The van der Waals surface area contributed by atoms with Crippen molar-refractivity contribution in [1.82, 2.24) is 10.6 Å². The van der Waals surface area contributed by atoms with Gasteiger partial charge in [0.1, 0.15) is 12.4 Å². The van der Waals surface area contributed by atoms with Crippen LogP contribution in [0.4, 0.5) is 4.79 Å². The summed E-state index contributed by atoms with van der Waals surface area (Å²) in [5.74, 6) is 0.476. The number of rotatable bonds is 4. The lowest BCUT2D eigenvalue weighted by Crippen LogP contribution is -2.56. The number of hydrogen-bond donors (Lipinski definition) is 2. The number of fused-ring (bicyclic) bond motifs is 3. The lowest BCUT2D eigenvalue weighted by atomic mass is 9.61. The second-order valence-corrected chi connectivity index (χ2v) is 8.82. The van der Waals surface area contributed by atoms with Crippen LogP contribution in [0.5, 0.6) is 5.75 Å². The highest BCUT2D eigenvalue weighted by Crippen LogP contribution is 2.59. The Bertz CT molecular complexity index is 826. The molecule has 0 bridgehead atoms. The van der Waals surface area contributed by atoms with Crippen molar-refractivity contribution >= 4 is 11.9 Å². The average molecular weight is 400 g/mol. The Kier molecular flexibility index (Phi) is 4.55. The van der Waals surface area contributed by atoms with Gasteiger partial charge in [0.2, 0.25) is 0 Å². The van der Waals surface area contributed by atoms with Crippen molar-refractivity contribution in [3.8, 4) is 5.75 Å². The van der Waals surface area contributed by atoms with Gasteiger partial charge in [0.05, 0.1) is 12.2 Å². The summed E-state index contributed by atoms with van der Waals surface area (Å²) in [6.45, 7) is 1.30. The molecule has 3 amide bonds. The molecule has 0 aromatic heterocycles. The van der Waals surface area contributed by atoms with E-state index in [9.17, 15) is 9.59 Å². The van der Waals surface area contributed by atoms with Crippen LogP contribution in [0.15, 0.2) is 18.2 Å². The second-order valence-electron chi connectivity index (χ2n) is 8.82. The highest BCUT2D eigenvalue weighted by atomic mass is 16.5. The van der Waals surface area contributed by atoms with Crippen LogP contribution in [0.3, 0.4) is 0 Å². The number of carbonyl (C=O) groups excluding carboxylic acids is 2. The molecule has 1 saturated carbocycles. The van der Waals surface area contributed by atoms with E-state index in [1.165, 1.54) is 0 Å². The number of methoxy groups -OCH3 is 1. The third-order valence-electron chi connectivity index (χ3n) is 7.36. The fourth-order valence-corrected chi connectivity index (χ4v) is 5.85. The summed E-state index contributed by atoms with van der Waals surface area (Å²) >= 11 is 0. The topological polar surface area (TPSA) is 85.9 Å². The maximum atomic E-state index is 13.2. The van der Waals surface area contributed by atoms with Gasteiger partial charge in [0, 0.05) is 19.1 Å². The molecule has 0 radical (unpaired) electrons. The molecule has 5 rings (SSSR count). The zero-order valence-electron chi connectivity index (χ0n) is 16.8. The van der Waals surface area contributed by atoms with Gasteiger partial charge in [-0.1, -0.05) is 6.07 Å². The predicted molar refractivity (Wildman–Crippen MR) is 105 cm³/mol. The van der Waals surface area contributed by atoms with E-state index in [1.807, 2.05) is 12.1 Å². The van der Waals surface area contributed by atoms with Crippen molar-refractivity contribution < 1.29 is 23.8 Å². The van der Waals surface area contributed by atoms with Gasteiger partial charge in [-0.3, -0.25) is 10.1 Å². The van der Waals surface area contributed by atoms with Gasteiger partial charge in [-0.05, 0) is 68.2 Å². The Balaban J connectivity index is 1.48. The molecule has 7 heteroatoms. The summed E-state index contributed by atoms with van der Waals surface area (Å²) in [7, 11) is 1.74. The number of nitrogens with one attached hydrogen (secondary N) is 2. The monoisotopic (exact) mass is 400 g/mol. The fraction of sp³-hybridized carbons (Fsp3) is 0.636. The van der Waals surface area contributed by atoms with Crippen LogP contribution >= 0.6 is 0 Å². The SMILES string of the molecule is CO[C@H]1CC[C@]2(CC1)Cc1ccc(OCC3CCCO3)cc1C21NC(=O)NC1=O. The first kappa shape index (κ1) is 18.9. The van der Waals surface area contributed by atoms with E-state index in [2.05, 4.69) is 16.7 Å². The summed E-state index contributed by atoms with van der Waals surface area (Å²) in [4.78, 5) is 25.4. The lowest BCUT2D eigenvalue weighted by Gasteiger charge is -2.46. The number of imide groups is 1. The summed E-state index contributed by atoms with van der Waals surface area (Å²) in [5.41, 5.74) is 0.638. The number of benzene rings is 1. The minimum Gasteiger partial charge on any atom is -0.491 e. The van der Waals surface area contributed by atoms with E-state index >= 15 is 0 Å². The molecule has 7 nitrogen and oxygen atoms in total. The van der Waals surface area contributed by atoms with Crippen molar-refractivity contribution in [3.05, 3.63) is 29.3 Å². The van der Waals surface area contributed by atoms with Crippen LogP contribution in [-0.2, 0) is 26.2 Å². The number of carbonyl (C=O) groups is 2. The van der Waals surface area contributed by atoms with Crippen LogP contribution in [0.1, 0.15) is 49.7 Å². The largest absolute Gasteiger partial charge is 0.491 e. The molecule has 1 aromatic carbocycles. The van der Waals surface area contributed by atoms with E-state index < -0.39 is 11.6 Å². The number of hydrogen-bond acceptors (Lipinski definition) is 5. The van der Waals surface area contributed by atoms with Crippen LogP contribution in [0.2, 0.25) is 0 Å². The highest BCUT2D eigenvalue weighted by molar-refractivity contribution is 6.08.